The molecule has 0 bridgehead atoms. The van der Waals surface area contributed by atoms with E-state index in [0.29, 0.717) is 26.1 Å². The topological polar surface area (TPSA) is 54.8 Å². The number of ether oxygens (including phenoxy) is 1. The number of carbonyl (C=O) groups is 2. The average molecular weight is 293 g/mol. The van der Waals surface area contributed by atoms with E-state index in [-0.39, 0.29) is 11.9 Å². The van der Waals surface area contributed by atoms with Crippen LogP contribution in [0.2, 0.25) is 0 Å². The molecule has 1 aliphatic rings. The number of aryl methyl sites for hydroxylation is 1. The van der Waals surface area contributed by atoms with Gasteiger partial charge in [0.15, 0.2) is 0 Å². The van der Waals surface area contributed by atoms with E-state index in [1.807, 2.05) is 35.6 Å². The highest BCUT2D eigenvalue weighted by Gasteiger charge is 2.24. The van der Waals surface area contributed by atoms with Gasteiger partial charge in [0.25, 0.3) is 5.91 Å². The number of rotatable bonds is 4. The lowest BCUT2D eigenvalue weighted by Gasteiger charge is -2.34. The summed E-state index contributed by atoms with van der Waals surface area (Å²) >= 11 is 0. The van der Waals surface area contributed by atoms with Gasteiger partial charge in [0.2, 0.25) is 0 Å². The Morgan fingerprint density at radius 3 is 2.38 bits per heavy atom. The maximum absolute atomic E-state index is 12.5. The molecule has 0 spiro atoms. The fraction of sp³-hybridized carbons (Fsp3) is 0.600. The Balaban J connectivity index is 1.85. The van der Waals surface area contributed by atoms with E-state index in [0.717, 1.165) is 24.5 Å². The molecule has 116 valence electrons. The van der Waals surface area contributed by atoms with Crippen molar-refractivity contribution < 1.29 is 14.3 Å². The van der Waals surface area contributed by atoms with E-state index in [1.54, 1.807) is 0 Å². The summed E-state index contributed by atoms with van der Waals surface area (Å²) in [6, 6.07) is 3.83. The van der Waals surface area contributed by atoms with Crippen molar-refractivity contribution in [1.82, 2.24) is 14.4 Å². The van der Waals surface area contributed by atoms with Gasteiger partial charge in [-0.1, -0.05) is 0 Å². The third kappa shape index (κ3) is 3.64. The van der Waals surface area contributed by atoms with Crippen LogP contribution in [0.1, 0.15) is 22.6 Å². The zero-order chi connectivity index (χ0) is 15.4. The number of hydrogen-bond donors (Lipinski definition) is 0. The molecule has 0 saturated carbocycles. The molecular formula is C15H23N3O3. The van der Waals surface area contributed by atoms with E-state index >= 15 is 0 Å². The normalized spacial score (nSPS) is 16.0. The van der Waals surface area contributed by atoms with Gasteiger partial charge in [-0.15, -0.1) is 0 Å². The summed E-state index contributed by atoms with van der Waals surface area (Å²) in [6.07, 6.45) is 0.404. The largest absolute Gasteiger partial charge is 0.469 e. The third-order valence-corrected chi connectivity index (χ3v) is 4.11. The number of hydrogen-bond acceptors (Lipinski definition) is 4. The molecule has 0 radical (unpaired) electrons. The monoisotopic (exact) mass is 293 g/mol. The van der Waals surface area contributed by atoms with Gasteiger partial charge >= 0.3 is 5.97 Å². The highest BCUT2D eigenvalue weighted by atomic mass is 16.5. The molecule has 2 heterocycles. The van der Waals surface area contributed by atoms with Crippen molar-refractivity contribution in [3.63, 3.8) is 0 Å². The number of methoxy groups -OCH3 is 1. The van der Waals surface area contributed by atoms with Crippen molar-refractivity contribution >= 4 is 11.9 Å². The van der Waals surface area contributed by atoms with Crippen LogP contribution in [0.4, 0.5) is 0 Å². The molecule has 2 rings (SSSR count). The van der Waals surface area contributed by atoms with Crippen molar-refractivity contribution in [3.8, 4) is 0 Å². The van der Waals surface area contributed by atoms with Gasteiger partial charge in [0, 0.05) is 45.5 Å². The van der Waals surface area contributed by atoms with Crippen LogP contribution < -0.4 is 0 Å². The molecule has 1 fully saturated rings. The van der Waals surface area contributed by atoms with Crippen LogP contribution >= 0.6 is 0 Å². The van der Waals surface area contributed by atoms with Crippen molar-refractivity contribution in [2.45, 2.75) is 13.3 Å². The lowest BCUT2D eigenvalue weighted by atomic mass is 10.2. The molecule has 1 aromatic rings. The predicted octanol–water partition coefficient (Wildman–Crippen LogP) is 0.654. The summed E-state index contributed by atoms with van der Waals surface area (Å²) in [5.41, 5.74) is 1.81. The first-order valence-electron chi connectivity index (χ1n) is 7.23. The number of nitrogens with zero attached hydrogens (tertiary/aromatic N) is 3. The first-order chi connectivity index (χ1) is 10.0. The fourth-order valence-electron chi connectivity index (χ4n) is 2.52. The Labute approximate surface area is 125 Å². The Morgan fingerprint density at radius 2 is 1.86 bits per heavy atom. The van der Waals surface area contributed by atoms with E-state index in [9.17, 15) is 9.59 Å². The van der Waals surface area contributed by atoms with Crippen molar-refractivity contribution in [1.29, 1.82) is 0 Å². The van der Waals surface area contributed by atoms with Gasteiger partial charge in [0.05, 0.1) is 13.5 Å². The molecule has 1 aliphatic heterocycles. The molecule has 1 amide bonds. The standard InChI is InChI=1S/C15H23N3O3/c1-12-4-5-13(16(12)2)15(20)18-10-8-17(9-11-18)7-6-14(19)21-3/h4-5H,6-11H2,1-3H3. The zero-order valence-electron chi connectivity index (χ0n) is 13.0. The molecule has 0 atom stereocenters. The van der Waals surface area contributed by atoms with Gasteiger partial charge < -0.3 is 14.2 Å². The fourth-order valence-corrected chi connectivity index (χ4v) is 2.52. The van der Waals surface area contributed by atoms with Crippen molar-refractivity contribution in [3.05, 3.63) is 23.5 Å². The number of aromatic nitrogens is 1. The Hall–Kier alpha value is -1.82. The first kappa shape index (κ1) is 15.6. The van der Waals surface area contributed by atoms with Crippen molar-refractivity contribution in [2.75, 3.05) is 39.8 Å². The molecule has 0 aromatic carbocycles. The van der Waals surface area contributed by atoms with Crippen LogP contribution in [0.5, 0.6) is 0 Å². The molecule has 0 unspecified atom stereocenters. The van der Waals surface area contributed by atoms with Crippen LogP contribution in [0, 0.1) is 6.92 Å². The molecule has 0 N–H and O–H groups in total. The molecule has 1 saturated heterocycles. The maximum Gasteiger partial charge on any atom is 0.306 e. The quantitative estimate of drug-likeness (QED) is 0.765. The van der Waals surface area contributed by atoms with Crippen LogP contribution in [-0.4, -0.2) is 66.1 Å². The maximum atomic E-state index is 12.5. The van der Waals surface area contributed by atoms with E-state index in [1.165, 1.54) is 7.11 Å². The molecule has 21 heavy (non-hydrogen) atoms. The minimum atomic E-state index is -0.187. The van der Waals surface area contributed by atoms with Crippen LogP contribution in [0.15, 0.2) is 12.1 Å². The second-order valence-electron chi connectivity index (χ2n) is 5.38. The summed E-state index contributed by atoms with van der Waals surface area (Å²) in [5, 5.41) is 0. The van der Waals surface area contributed by atoms with E-state index < -0.39 is 0 Å². The highest BCUT2D eigenvalue weighted by Crippen LogP contribution is 2.12. The van der Waals surface area contributed by atoms with E-state index in [2.05, 4.69) is 9.64 Å². The number of amides is 1. The van der Waals surface area contributed by atoms with Crippen LogP contribution in [-0.2, 0) is 16.6 Å². The molecule has 0 aliphatic carbocycles. The zero-order valence-corrected chi connectivity index (χ0v) is 13.0. The van der Waals surface area contributed by atoms with Gasteiger partial charge in [-0.05, 0) is 19.1 Å². The summed E-state index contributed by atoms with van der Waals surface area (Å²) in [7, 11) is 3.32. The van der Waals surface area contributed by atoms with Gasteiger partial charge in [0.1, 0.15) is 5.69 Å². The molecule has 6 heteroatoms. The first-order valence-corrected chi connectivity index (χ1v) is 7.23. The summed E-state index contributed by atoms with van der Waals surface area (Å²) < 4.78 is 6.56. The summed E-state index contributed by atoms with van der Waals surface area (Å²) in [5.74, 6) is -0.106. The Morgan fingerprint density at radius 1 is 1.19 bits per heavy atom. The Bertz CT molecular complexity index is 516. The highest BCUT2D eigenvalue weighted by molar-refractivity contribution is 5.93. The predicted molar refractivity (Wildman–Crippen MR) is 79.1 cm³/mol. The second kappa shape index (κ2) is 6.76. The Kier molecular flexibility index (Phi) is 5.01. The van der Waals surface area contributed by atoms with Crippen LogP contribution in [0.3, 0.4) is 0 Å². The lowest BCUT2D eigenvalue weighted by Crippen LogP contribution is -2.49. The minimum Gasteiger partial charge on any atom is -0.469 e. The minimum absolute atomic E-state index is 0.0817. The summed E-state index contributed by atoms with van der Waals surface area (Å²) in [4.78, 5) is 27.7. The summed E-state index contributed by atoms with van der Waals surface area (Å²) in [6.45, 7) is 5.67. The average Bonchev–Trinajstić information content (AvgIpc) is 2.84. The molecule has 6 nitrogen and oxygen atoms in total. The van der Waals surface area contributed by atoms with E-state index in [4.69, 9.17) is 0 Å². The molecular weight excluding hydrogens is 270 g/mol. The van der Waals surface area contributed by atoms with Gasteiger partial charge in [-0.25, -0.2) is 0 Å². The molecule has 1 aromatic heterocycles. The number of esters is 1. The van der Waals surface area contributed by atoms with Crippen LogP contribution in [0.25, 0.3) is 0 Å². The number of piperazine rings is 1. The number of carbonyl (C=O) groups excluding carboxylic acids is 2. The third-order valence-electron chi connectivity index (χ3n) is 4.11. The lowest BCUT2D eigenvalue weighted by molar-refractivity contribution is -0.141. The van der Waals surface area contributed by atoms with Crippen molar-refractivity contribution in [2.24, 2.45) is 7.05 Å². The van der Waals surface area contributed by atoms with Gasteiger partial charge in [-0.3, -0.25) is 14.5 Å². The smallest absolute Gasteiger partial charge is 0.306 e. The second-order valence-corrected chi connectivity index (χ2v) is 5.38. The van der Waals surface area contributed by atoms with Gasteiger partial charge in [-0.2, -0.15) is 0 Å². The SMILES string of the molecule is COC(=O)CCN1CCN(C(=O)c2ccc(C)n2C)CC1.